The van der Waals surface area contributed by atoms with E-state index in [1.807, 2.05) is 18.5 Å². The first-order valence-electron chi connectivity index (χ1n) is 7.88. The van der Waals surface area contributed by atoms with Crippen molar-refractivity contribution in [3.63, 3.8) is 0 Å². The van der Waals surface area contributed by atoms with E-state index >= 15 is 0 Å². The number of rotatable bonds is 4. The summed E-state index contributed by atoms with van der Waals surface area (Å²) < 4.78 is 35.0. The van der Waals surface area contributed by atoms with Gasteiger partial charge in [-0.1, -0.05) is 13.8 Å². The van der Waals surface area contributed by atoms with Crippen molar-refractivity contribution in [1.82, 2.24) is 14.1 Å². The highest BCUT2D eigenvalue weighted by Gasteiger charge is 2.34. The van der Waals surface area contributed by atoms with Crippen LogP contribution in [0.2, 0.25) is 0 Å². The van der Waals surface area contributed by atoms with Gasteiger partial charge in [0.25, 0.3) is 0 Å². The van der Waals surface area contributed by atoms with Crippen LogP contribution >= 0.6 is 0 Å². The van der Waals surface area contributed by atoms with Crippen molar-refractivity contribution in [2.24, 2.45) is 5.92 Å². The molecule has 2 heterocycles. The predicted molar refractivity (Wildman–Crippen MR) is 85.3 cm³/mol. The van der Waals surface area contributed by atoms with Gasteiger partial charge in [-0.3, -0.25) is 4.68 Å². The summed E-state index contributed by atoms with van der Waals surface area (Å²) in [6.45, 7) is 11.9. The fourth-order valence-electron chi connectivity index (χ4n) is 2.93. The summed E-state index contributed by atoms with van der Waals surface area (Å²) in [4.78, 5) is 0.363. The van der Waals surface area contributed by atoms with Crippen LogP contribution in [0.4, 0.5) is 0 Å². The second-order valence-corrected chi connectivity index (χ2v) is 8.27. The van der Waals surface area contributed by atoms with Gasteiger partial charge in [-0.2, -0.15) is 9.40 Å². The molecule has 2 rings (SSSR count). The van der Waals surface area contributed by atoms with Gasteiger partial charge in [0.15, 0.2) is 0 Å². The normalized spacial score (nSPS) is 21.3. The zero-order valence-electron chi connectivity index (χ0n) is 14.2. The molecule has 1 aromatic heterocycles. The molecule has 0 N–H and O–H groups in total. The maximum Gasteiger partial charge on any atom is 0.247 e. The highest BCUT2D eigenvalue weighted by molar-refractivity contribution is 7.89. The molecule has 0 bridgehead atoms. The van der Waals surface area contributed by atoms with Crippen LogP contribution in [-0.2, 0) is 21.3 Å². The number of ether oxygens (including phenoxy) is 1. The quantitative estimate of drug-likeness (QED) is 0.847. The third-order valence-electron chi connectivity index (χ3n) is 4.05. The van der Waals surface area contributed by atoms with Gasteiger partial charge in [-0.05, 0) is 33.1 Å². The standard InChI is InChI=1S/C15H27N3O3S/c1-11(2)10-17-14(5)15(13(4)16-17)22(19,20)18-7-9-21-8-6-12(18)3/h11-12H,6-10H2,1-5H3/t12-/m0/s1. The molecule has 0 unspecified atom stereocenters. The Morgan fingerprint density at radius 3 is 2.64 bits per heavy atom. The van der Waals surface area contributed by atoms with Crippen LogP contribution in [0.15, 0.2) is 4.90 Å². The molecule has 6 nitrogen and oxygen atoms in total. The molecule has 0 aliphatic carbocycles. The maximum absolute atomic E-state index is 13.1. The Labute approximate surface area is 133 Å². The van der Waals surface area contributed by atoms with Crippen LogP contribution in [-0.4, -0.2) is 48.3 Å². The SMILES string of the molecule is Cc1nn(CC(C)C)c(C)c1S(=O)(=O)N1CCOCC[C@@H]1C. The van der Waals surface area contributed by atoms with Gasteiger partial charge in [0, 0.05) is 25.7 Å². The van der Waals surface area contributed by atoms with Gasteiger partial charge in [-0.15, -0.1) is 0 Å². The lowest BCUT2D eigenvalue weighted by Crippen LogP contribution is -2.39. The third kappa shape index (κ3) is 3.36. The molecule has 1 fully saturated rings. The van der Waals surface area contributed by atoms with E-state index in [1.165, 1.54) is 0 Å². The van der Waals surface area contributed by atoms with Gasteiger partial charge in [0.1, 0.15) is 4.90 Å². The van der Waals surface area contributed by atoms with Crippen molar-refractivity contribution in [3.05, 3.63) is 11.4 Å². The molecule has 126 valence electrons. The van der Waals surface area contributed by atoms with E-state index in [9.17, 15) is 8.42 Å². The van der Waals surface area contributed by atoms with E-state index in [2.05, 4.69) is 18.9 Å². The Balaban J connectivity index is 2.42. The molecule has 0 radical (unpaired) electrons. The molecule has 0 spiro atoms. The summed E-state index contributed by atoms with van der Waals surface area (Å²) in [5.41, 5.74) is 1.30. The minimum Gasteiger partial charge on any atom is -0.380 e. The minimum atomic E-state index is -3.54. The topological polar surface area (TPSA) is 64.4 Å². The van der Waals surface area contributed by atoms with Crippen LogP contribution in [0.25, 0.3) is 0 Å². The number of aryl methyl sites for hydroxylation is 1. The average Bonchev–Trinajstić information content (AvgIpc) is 2.58. The number of hydrogen-bond donors (Lipinski definition) is 0. The predicted octanol–water partition coefficient (Wildman–Crippen LogP) is 1.96. The second-order valence-electron chi connectivity index (χ2n) is 6.44. The second kappa shape index (κ2) is 6.68. The van der Waals surface area contributed by atoms with Gasteiger partial charge in [-0.25, -0.2) is 8.42 Å². The lowest BCUT2D eigenvalue weighted by atomic mass is 10.2. The van der Waals surface area contributed by atoms with Gasteiger partial charge in [0.05, 0.1) is 18.0 Å². The van der Waals surface area contributed by atoms with Crippen molar-refractivity contribution in [2.45, 2.75) is 58.5 Å². The first-order valence-corrected chi connectivity index (χ1v) is 9.32. The zero-order chi connectivity index (χ0) is 16.5. The number of nitrogens with zero attached hydrogens (tertiary/aromatic N) is 3. The van der Waals surface area contributed by atoms with Crippen molar-refractivity contribution in [1.29, 1.82) is 0 Å². The number of aromatic nitrogens is 2. The molecule has 1 saturated heterocycles. The average molecular weight is 329 g/mol. The van der Waals surface area contributed by atoms with Gasteiger partial charge < -0.3 is 4.74 Å². The van der Waals surface area contributed by atoms with Crippen LogP contribution in [0.3, 0.4) is 0 Å². The fraction of sp³-hybridized carbons (Fsp3) is 0.800. The van der Waals surface area contributed by atoms with Crippen molar-refractivity contribution >= 4 is 10.0 Å². The lowest BCUT2D eigenvalue weighted by molar-refractivity contribution is 0.148. The number of hydrogen-bond acceptors (Lipinski definition) is 4. The largest absolute Gasteiger partial charge is 0.380 e. The third-order valence-corrected chi connectivity index (χ3v) is 6.31. The Morgan fingerprint density at radius 2 is 2.00 bits per heavy atom. The Kier molecular flexibility index (Phi) is 5.29. The van der Waals surface area contributed by atoms with E-state index in [0.717, 1.165) is 18.7 Å². The highest BCUT2D eigenvalue weighted by Crippen LogP contribution is 2.27. The Morgan fingerprint density at radius 1 is 1.32 bits per heavy atom. The first-order chi connectivity index (χ1) is 10.2. The maximum atomic E-state index is 13.1. The van der Waals surface area contributed by atoms with Crippen LogP contribution in [0.1, 0.15) is 38.6 Å². The van der Waals surface area contributed by atoms with Crippen molar-refractivity contribution < 1.29 is 13.2 Å². The van der Waals surface area contributed by atoms with E-state index in [4.69, 9.17) is 4.74 Å². The fourth-order valence-corrected chi connectivity index (χ4v) is 4.95. The molecular formula is C15H27N3O3S. The molecule has 0 aromatic carbocycles. The van der Waals surface area contributed by atoms with Gasteiger partial charge in [0.2, 0.25) is 10.0 Å². The summed E-state index contributed by atoms with van der Waals surface area (Å²) in [6.07, 6.45) is 0.720. The van der Waals surface area contributed by atoms with Crippen molar-refractivity contribution in [2.75, 3.05) is 19.8 Å². The monoisotopic (exact) mass is 329 g/mol. The molecule has 22 heavy (non-hydrogen) atoms. The van der Waals surface area contributed by atoms with Crippen LogP contribution < -0.4 is 0 Å². The van der Waals surface area contributed by atoms with E-state index in [0.29, 0.717) is 36.3 Å². The molecule has 1 atom stereocenters. The summed E-state index contributed by atoms with van der Waals surface area (Å²) in [5, 5.41) is 4.44. The first kappa shape index (κ1) is 17.4. The van der Waals surface area contributed by atoms with E-state index < -0.39 is 10.0 Å². The lowest BCUT2D eigenvalue weighted by Gasteiger charge is -2.25. The zero-order valence-corrected chi connectivity index (χ0v) is 15.0. The molecule has 7 heteroatoms. The Bertz CT molecular complexity index is 622. The van der Waals surface area contributed by atoms with E-state index in [-0.39, 0.29) is 6.04 Å². The Hall–Kier alpha value is -0.920. The van der Waals surface area contributed by atoms with Gasteiger partial charge >= 0.3 is 0 Å². The molecule has 0 saturated carbocycles. The molecular weight excluding hydrogens is 302 g/mol. The molecule has 1 aliphatic heterocycles. The summed E-state index contributed by atoms with van der Waals surface area (Å²) >= 11 is 0. The van der Waals surface area contributed by atoms with Crippen molar-refractivity contribution in [3.8, 4) is 0 Å². The highest BCUT2D eigenvalue weighted by atomic mass is 32.2. The molecule has 0 amide bonds. The van der Waals surface area contributed by atoms with Crippen LogP contribution in [0.5, 0.6) is 0 Å². The summed E-state index contributed by atoms with van der Waals surface area (Å²) in [6, 6.07) is -0.0558. The number of sulfonamides is 1. The molecule has 1 aromatic rings. The smallest absolute Gasteiger partial charge is 0.247 e. The molecule has 1 aliphatic rings. The van der Waals surface area contributed by atoms with Crippen LogP contribution in [0, 0.1) is 19.8 Å². The summed E-state index contributed by atoms with van der Waals surface area (Å²) in [5.74, 6) is 0.416. The van der Waals surface area contributed by atoms with E-state index in [1.54, 1.807) is 11.2 Å². The minimum absolute atomic E-state index is 0.0558. The summed E-state index contributed by atoms with van der Waals surface area (Å²) in [7, 11) is -3.54.